The summed E-state index contributed by atoms with van der Waals surface area (Å²) < 4.78 is 13.6. The molecule has 498 valence electrons. The van der Waals surface area contributed by atoms with Gasteiger partial charge in [0.05, 0.1) is 36.0 Å². The molecule has 0 saturated carbocycles. The van der Waals surface area contributed by atoms with Gasteiger partial charge < -0.3 is 39.4 Å². The van der Waals surface area contributed by atoms with Gasteiger partial charge in [-0.2, -0.15) is 0 Å². The second-order valence-electron chi connectivity index (χ2n) is 30.2. The maximum Gasteiger partial charge on any atom is 0.119 e. The number of hydrogen-bond acceptors (Lipinski definition) is 4. The molecule has 7 aromatic heterocycles. The lowest BCUT2D eigenvalue weighted by atomic mass is 9.78. The van der Waals surface area contributed by atoms with Crippen LogP contribution in [0, 0.1) is 41.5 Å². The van der Waals surface area contributed by atoms with E-state index in [-0.39, 0.29) is 21.7 Å². The predicted octanol–water partition coefficient (Wildman–Crippen LogP) is 22.4. The molecule has 98 heavy (non-hydrogen) atoms. The maximum atomic E-state index is 6.79. The number of aromatic amines is 6. The van der Waals surface area contributed by atoms with Crippen molar-refractivity contribution in [2.24, 2.45) is 0 Å². The first kappa shape index (κ1) is 64.2. The Morgan fingerprint density at radius 1 is 0.306 bits per heavy atom. The number of benzene rings is 4. The summed E-state index contributed by atoms with van der Waals surface area (Å²) in [4.78, 5) is 35.8. The third-order valence-electron chi connectivity index (χ3n) is 22.3. The van der Waals surface area contributed by atoms with Crippen LogP contribution in [0.3, 0.4) is 0 Å². The molecule has 24 bridgehead atoms. The minimum Gasteiger partial charge on any atom is -0.494 e. The Labute approximate surface area is 578 Å². The maximum absolute atomic E-state index is 6.79. The molecule has 0 saturated heterocycles. The van der Waals surface area contributed by atoms with Gasteiger partial charge in [-0.05, 0) is 275 Å². The van der Waals surface area contributed by atoms with Crippen LogP contribution in [0.5, 0.6) is 11.5 Å². The SMILES string of the molecule is Cc1cc(C)c(-c2c3nc(c4c5ccc([nH]5)c(-c5c(C)cc(C)cc5C)c5nc(c(c6ccc2[nH]6)-c2cccc(c2)OCCCCCCC2(C)c6ccc([nH]6)C(C)(C)c6ccc([nH]6)C(C)(CCCCCCOc6cccc-4c6)c4ccc([nH]4)C(C)(C)c4ccc2[nH]4)C=C5)C=C3)c(C)c1. The zero-order valence-corrected chi connectivity index (χ0v) is 59.4. The van der Waals surface area contributed by atoms with E-state index in [0.717, 1.165) is 165 Å². The number of rotatable bonds is 2. The molecule has 0 radical (unpaired) electrons. The number of nitrogens with zero attached hydrogens (tertiary/aromatic N) is 2. The molecule has 11 aromatic rings. The van der Waals surface area contributed by atoms with Crippen molar-refractivity contribution in [2.75, 3.05) is 13.2 Å². The van der Waals surface area contributed by atoms with E-state index in [1.807, 2.05) is 0 Å². The van der Waals surface area contributed by atoms with Gasteiger partial charge in [0.25, 0.3) is 0 Å². The third-order valence-corrected chi connectivity index (χ3v) is 22.3. The first-order valence-corrected chi connectivity index (χ1v) is 35.8. The number of aromatic nitrogens is 8. The van der Waals surface area contributed by atoms with E-state index in [1.165, 1.54) is 78.9 Å². The highest BCUT2D eigenvalue weighted by Gasteiger charge is 2.39. The van der Waals surface area contributed by atoms with Crippen LogP contribution in [0.1, 0.15) is 207 Å². The monoisotopic (exact) mass is 1290 g/mol. The fourth-order valence-electron chi connectivity index (χ4n) is 16.7. The Morgan fingerprint density at radius 2 is 0.612 bits per heavy atom. The summed E-state index contributed by atoms with van der Waals surface area (Å²) in [6.07, 6.45) is 19.0. The van der Waals surface area contributed by atoms with Gasteiger partial charge in [0, 0.05) is 112 Å². The van der Waals surface area contributed by atoms with Crippen LogP contribution in [0.25, 0.3) is 90.9 Å². The van der Waals surface area contributed by atoms with Crippen molar-refractivity contribution < 1.29 is 9.47 Å². The number of H-pyrrole nitrogens is 6. The van der Waals surface area contributed by atoms with Gasteiger partial charge in [-0.15, -0.1) is 0 Å². The molecule has 10 nitrogen and oxygen atoms in total. The van der Waals surface area contributed by atoms with E-state index >= 15 is 0 Å². The van der Waals surface area contributed by atoms with Crippen LogP contribution in [0.2, 0.25) is 0 Å². The quantitative estimate of drug-likeness (QED) is 0.103. The summed E-state index contributed by atoms with van der Waals surface area (Å²) in [5, 5.41) is 0. The van der Waals surface area contributed by atoms with Crippen molar-refractivity contribution in [1.29, 1.82) is 0 Å². The molecule has 4 aromatic carbocycles. The number of ether oxygens (including phenoxy) is 2. The molecule has 6 N–H and O–H groups in total. The molecular weight excluding hydrogens is 1200 g/mol. The van der Waals surface area contributed by atoms with E-state index < -0.39 is 0 Å². The Morgan fingerprint density at radius 3 is 0.959 bits per heavy atom. The van der Waals surface area contributed by atoms with Crippen LogP contribution < -0.4 is 9.47 Å². The zero-order chi connectivity index (χ0) is 67.8. The minimum absolute atomic E-state index is 0.295. The van der Waals surface area contributed by atoms with Crippen LogP contribution >= 0.6 is 0 Å². The van der Waals surface area contributed by atoms with Gasteiger partial charge in [0.2, 0.25) is 0 Å². The highest BCUT2D eigenvalue weighted by Crippen LogP contribution is 2.47. The summed E-state index contributed by atoms with van der Waals surface area (Å²) in [6.45, 7) is 28.8. The van der Waals surface area contributed by atoms with Gasteiger partial charge in [0.15, 0.2) is 0 Å². The second-order valence-corrected chi connectivity index (χ2v) is 30.2. The Bertz CT molecular complexity index is 4680. The molecule has 0 spiro atoms. The highest BCUT2D eigenvalue weighted by atomic mass is 16.5. The van der Waals surface area contributed by atoms with E-state index in [0.29, 0.717) is 13.2 Å². The van der Waals surface area contributed by atoms with Gasteiger partial charge in [0.1, 0.15) is 11.5 Å². The molecular formula is C88H94N8O2. The molecule has 18 rings (SSSR count). The molecule has 7 aliphatic heterocycles. The molecule has 14 heterocycles. The number of aryl methyl sites for hydroxylation is 6. The first-order chi connectivity index (χ1) is 47.2. The Hall–Kier alpha value is -9.80. The molecule has 0 aliphatic carbocycles. The first-order valence-electron chi connectivity index (χ1n) is 35.8. The topological polar surface area (TPSA) is 139 Å². The van der Waals surface area contributed by atoms with E-state index in [9.17, 15) is 0 Å². The smallest absolute Gasteiger partial charge is 0.119 e. The zero-order valence-electron chi connectivity index (χ0n) is 59.4. The van der Waals surface area contributed by atoms with Crippen LogP contribution in [-0.4, -0.2) is 53.1 Å². The third kappa shape index (κ3) is 11.6. The van der Waals surface area contributed by atoms with Gasteiger partial charge in [-0.3, -0.25) is 0 Å². The van der Waals surface area contributed by atoms with Gasteiger partial charge in [-0.1, -0.05) is 98.2 Å². The second kappa shape index (κ2) is 25.2. The lowest BCUT2D eigenvalue weighted by molar-refractivity contribution is 0.303. The normalized spacial score (nSPS) is 18.7. The molecule has 0 unspecified atom stereocenters. The van der Waals surface area contributed by atoms with Crippen molar-refractivity contribution in [1.82, 2.24) is 39.9 Å². The standard InChI is InChI=1S/C88H94N8O2/c1-53-47-55(3)79(56(4)48-53)83-67-31-27-63(89-67)81-59-23-21-25-61(51-59)97-45-19-15-13-17-43-87(11)75-39-35-71(93-75)85(7,8)72-36-40-76(94-72)88(12,78-42-38-74(96-78)86(9,10)73-37-41-77(87)95-73)44-18-14-16-20-46-98-62-26-22-24-60(52-62)82(64-28-32-68(83)90-64)66-30-34-70(92-66)84(69-33-29-65(81)91-69)80-57(5)49-54(2)50-58(80)6/h21-42,47-52,89,92-96H,13-20,43-46H2,1-12H3. The van der Waals surface area contributed by atoms with Crippen LogP contribution in [-0.2, 0) is 21.7 Å². The van der Waals surface area contributed by atoms with Crippen LogP contribution in [0.15, 0.2) is 146 Å². The van der Waals surface area contributed by atoms with Crippen molar-refractivity contribution in [2.45, 2.75) is 169 Å². The summed E-state index contributed by atoms with van der Waals surface area (Å²) in [5.74, 6) is 1.66. The summed E-state index contributed by atoms with van der Waals surface area (Å²) in [5.41, 5.74) is 31.5. The average molecular weight is 1300 g/mol. The minimum atomic E-state index is -0.309. The Balaban J connectivity index is 0.874. The molecule has 0 fully saturated rings. The molecule has 7 aliphatic rings. The number of nitrogens with one attached hydrogen (secondary N) is 6. The van der Waals surface area contributed by atoms with Gasteiger partial charge in [-0.25, -0.2) is 9.97 Å². The highest BCUT2D eigenvalue weighted by molar-refractivity contribution is 6.01. The van der Waals surface area contributed by atoms with Crippen molar-refractivity contribution in [3.63, 3.8) is 0 Å². The molecule has 0 atom stereocenters. The molecule has 10 heteroatoms. The summed E-state index contributed by atoms with van der Waals surface area (Å²) >= 11 is 0. The average Bonchev–Trinajstić information content (AvgIpc) is 1.61. The summed E-state index contributed by atoms with van der Waals surface area (Å²) in [7, 11) is 0. The van der Waals surface area contributed by atoms with Crippen molar-refractivity contribution in [3.05, 3.63) is 247 Å². The lowest BCUT2D eigenvalue weighted by Gasteiger charge is -2.31. The van der Waals surface area contributed by atoms with Crippen molar-refractivity contribution in [3.8, 4) is 56.0 Å². The fourth-order valence-corrected chi connectivity index (χ4v) is 16.7. The van der Waals surface area contributed by atoms with Crippen molar-refractivity contribution >= 4 is 46.4 Å². The largest absolute Gasteiger partial charge is 0.494 e. The lowest BCUT2D eigenvalue weighted by Crippen LogP contribution is -2.28. The molecule has 0 amide bonds. The fraction of sp³-hybridized carbons (Fsp3) is 0.318. The van der Waals surface area contributed by atoms with E-state index in [1.54, 1.807) is 0 Å². The number of hydrogen-bond donors (Lipinski definition) is 6. The van der Waals surface area contributed by atoms with E-state index in [4.69, 9.17) is 19.4 Å². The van der Waals surface area contributed by atoms with Gasteiger partial charge >= 0.3 is 0 Å². The summed E-state index contributed by atoms with van der Waals surface area (Å²) in [6, 6.07) is 54.0. The van der Waals surface area contributed by atoms with Crippen LogP contribution in [0.4, 0.5) is 0 Å². The Kier molecular flexibility index (Phi) is 16.5. The predicted molar refractivity (Wildman–Crippen MR) is 407 cm³/mol. The van der Waals surface area contributed by atoms with E-state index in [2.05, 4.69) is 283 Å².